The summed E-state index contributed by atoms with van der Waals surface area (Å²) in [5, 5.41) is 16.2. The van der Waals surface area contributed by atoms with Crippen LogP contribution in [0.25, 0.3) is 0 Å². The lowest BCUT2D eigenvalue weighted by Gasteiger charge is -2.26. The van der Waals surface area contributed by atoms with Crippen LogP contribution in [0.15, 0.2) is 59.1 Å². The highest BCUT2D eigenvalue weighted by atomic mass is 32.2. The van der Waals surface area contributed by atoms with Gasteiger partial charge in [-0.1, -0.05) is 6.07 Å². The van der Waals surface area contributed by atoms with Crippen molar-refractivity contribution in [1.29, 1.82) is 5.26 Å². The average molecular weight is 508 g/mol. The Labute approximate surface area is 213 Å². The van der Waals surface area contributed by atoms with E-state index in [-0.39, 0.29) is 6.54 Å². The second-order valence-corrected chi connectivity index (χ2v) is 11.8. The predicted molar refractivity (Wildman–Crippen MR) is 139 cm³/mol. The summed E-state index contributed by atoms with van der Waals surface area (Å²) in [7, 11) is -3.55. The Morgan fingerprint density at radius 2 is 1.72 bits per heavy atom. The van der Waals surface area contributed by atoms with Crippen molar-refractivity contribution in [1.82, 2.24) is 9.79 Å². The summed E-state index contributed by atoms with van der Waals surface area (Å²) >= 11 is 0. The van der Waals surface area contributed by atoms with E-state index >= 15 is 0 Å². The molecule has 8 nitrogen and oxygen atoms in total. The molecule has 2 aromatic carbocycles. The molecule has 0 amide bonds. The molecule has 2 fully saturated rings. The van der Waals surface area contributed by atoms with Gasteiger partial charge in [-0.15, -0.1) is 0 Å². The molecule has 0 saturated heterocycles. The summed E-state index contributed by atoms with van der Waals surface area (Å²) in [6.45, 7) is 2.83. The second-order valence-electron chi connectivity index (χ2n) is 9.90. The molecule has 0 aromatic heterocycles. The van der Waals surface area contributed by atoms with E-state index in [1.54, 1.807) is 12.1 Å². The van der Waals surface area contributed by atoms with Gasteiger partial charge in [0.15, 0.2) is 0 Å². The van der Waals surface area contributed by atoms with Gasteiger partial charge >= 0.3 is 0 Å². The van der Waals surface area contributed by atoms with Crippen LogP contribution < -0.4 is 16.1 Å². The van der Waals surface area contributed by atoms with Crippen LogP contribution in [-0.2, 0) is 21.5 Å². The number of nitrogens with one attached hydrogen (secondary N) is 3. The molecule has 3 N–H and O–H groups in total. The van der Waals surface area contributed by atoms with E-state index in [0.717, 1.165) is 47.6 Å². The molecule has 2 saturated carbocycles. The Hall–Kier alpha value is -3.06. The van der Waals surface area contributed by atoms with E-state index in [9.17, 15) is 13.7 Å². The standard InChI is InChI=1S/C27H33N5O3S/c28-16-23-15-22(5-10-27(23)30-18-21-3-4-21)19-35-31-25-11-13-32(14-12-25)36(33,34)26-8-6-24(7-9-26)29-17-20-1-2-20/h5-11,15,20-21,29-31H,1-4,12-14,17-19H2. The lowest BCUT2D eigenvalue weighted by atomic mass is 10.1. The maximum atomic E-state index is 13.0. The summed E-state index contributed by atoms with van der Waals surface area (Å²) in [6, 6.07) is 15.0. The number of hydrogen-bond acceptors (Lipinski definition) is 7. The monoisotopic (exact) mass is 507 g/mol. The molecule has 3 aliphatic rings. The molecular weight excluding hydrogens is 474 g/mol. The fourth-order valence-corrected chi connectivity index (χ4v) is 5.54. The molecule has 2 aromatic rings. The first-order chi connectivity index (χ1) is 17.5. The second kappa shape index (κ2) is 10.9. The van der Waals surface area contributed by atoms with Crippen molar-refractivity contribution in [2.45, 2.75) is 43.6 Å². The molecule has 1 heterocycles. The minimum Gasteiger partial charge on any atom is -0.385 e. The molecule has 9 heteroatoms. The smallest absolute Gasteiger partial charge is 0.243 e. The molecular formula is C27H33N5O3S. The minimum absolute atomic E-state index is 0.287. The van der Waals surface area contributed by atoms with Crippen molar-refractivity contribution < 1.29 is 13.3 Å². The number of sulfonamides is 1. The molecule has 36 heavy (non-hydrogen) atoms. The molecule has 5 rings (SSSR count). The van der Waals surface area contributed by atoms with Gasteiger partial charge in [0.1, 0.15) is 6.07 Å². The number of anilines is 2. The van der Waals surface area contributed by atoms with E-state index in [4.69, 9.17) is 4.84 Å². The van der Waals surface area contributed by atoms with Crippen molar-refractivity contribution in [2.75, 3.05) is 36.8 Å². The van der Waals surface area contributed by atoms with Gasteiger partial charge < -0.3 is 10.6 Å². The van der Waals surface area contributed by atoms with E-state index in [1.807, 2.05) is 36.4 Å². The number of benzene rings is 2. The van der Waals surface area contributed by atoms with E-state index in [2.05, 4.69) is 22.2 Å². The average Bonchev–Trinajstić information content (AvgIpc) is 3.82. The van der Waals surface area contributed by atoms with Crippen LogP contribution in [0.2, 0.25) is 0 Å². The van der Waals surface area contributed by atoms with Crippen LogP contribution in [0.1, 0.15) is 43.2 Å². The number of nitrogens with zero attached hydrogens (tertiary/aromatic N) is 2. The predicted octanol–water partition coefficient (Wildman–Crippen LogP) is 4.20. The van der Waals surface area contributed by atoms with Crippen LogP contribution in [0.4, 0.5) is 11.4 Å². The first-order valence-electron chi connectivity index (χ1n) is 12.7. The van der Waals surface area contributed by atoms with Crippen molar-refractivity contribution in [3.63, 3.8) is 0 Å². The van der Waals surface area contributed by atoms with Gasteiger partial charge in [0, 0.05) is 44.0 Å². The molecule has 190 valence electrons. The SMILES string of the molecule is N#Cc1cc(CONC2=CCN(S(=O)(=O)c3ccc(NCC4CC4)cc3)CC2)ccc1NCC1CC1. The lowest BCUT2D eigenvalue weighted by molar-refractivity contribution is 0.0453. The third-order valence-corrected chi connectivity index (χ3v) is 8.76. The van der Waals surface area contributed by atoms with E-state index in [0.29, 0.717) is 30.0 Å². The Balaban J connectivity index is 1.09. The fourth-order valence-electron chi connectivity index (χ4n) is 4.16. The summed E-state index contributed by atoms with van der Waals surface area (Å²) in [6.07, 6.45) is 7.45. The van der Waals surface area contributed by atoms with Crippen molar-refractivity contribution >= 4 is 21.4 Å². The van der Waals surface area contributed by atoms with Crippen molar-refractivity contribution in [3.05, 3.63) is 65.4 Å². The number of nitriles is 1. The van der Waals surface area contributed by atoms with Gasteiger partial charge in [-0.05, 0) is 85.6 Å². The van der Waals surface area contributed by atoms with Crippen LogP contribution >= 0.6 is 0 Å². The minimum atomic E-state index is -3.55. The maximum absolute atomic E-state index is 13.0. The number of rotatable bonds is 12. The summed E-state index contributed by atoms with van der Waals surface area (Å²) in [5.41, 5.74) is 7.12. The molecule has 1 aliphatic heterocycles. The van der Waals surface area contributed by atoms with Gasteiger partial charge in [0.2, 0.25) is 10.0 Å². The third-order valence-electron chi connectivity index (χ3n) is 6.88. The van der Waals surface area contributed by atoms with E-state index in [1.165, 1.54) is 30.0 Å². The molecule has 0 atom stereocenters. The summed E-state index contributed by atoms with van der Waals surface area (Å²) in [5.74, 6) is 1.49. The Morgan fingerprint density at radius 1 is 1.00 bits per heavy atom. The zero-order valence-corrected chi connectivity index (χ0v) is 21.2. The highest BCUT2D eigenvalue weighted by molar-refractivity contribution is 7.89. The van der Waals surface area contributed by atoms with E-state index < -0.39 is 10.0 Å². The number of hydrogen-bond donors (Lipinski definition) is 3. The largest absolute Gasteiger partial charge is 0.385 e. The Morgan fingerprint density at radius 3 is 2.36 bits per heavy atom. The highest BCUT2D eigenvalue weighted by Gasteiger charge is 2.26. The van der Waals surface area contributed by atoms with Crippen LogP contribution in [0.5, 0.6) is 0 Å². The third kappa shape index (κ3) is 6.38. The zero-order valence-electron chi connectivity index (χ0n) is 20.4. The first-order valence-corrected chi connectivity index (χ1v) is 14.1. The van der Waals surface area contributed by atoms with Crippen molar-refractivity contribution in [3.8, 4) is 6.07 Å². The summed E-state index contributed by atoms with van der Waals surface area (Å²) < 4.78 is 27.6. The lowest BCUT2D eigenvalue weighted by Crippen LogP contribution is -2.36. The maximum Gasteiger partial charge on any atom is 0.243 e. The number of hydroxylamine groups is 1. The highest BCUT2D eigenvalue weighted by Crippen LogP contribution is 2.30. The van der Waals surface area contributed by atoms with Crippen LogP contribution in [0, 0.1) is 23.2 Å². The first kappa shape index (κ1) is 24.6. The van der Waals surface area contributed by atoms with Gasteiger partial charge in [-0.25, -0.2) is 8.42 Å². The van der Waals surface area contributed by atoms with Crippen LogP contribution in [-0.4, -0.2) is 38.9 Å². The molecule has 0 bridgehead atoms. The van der Waals surface area contributed by atoms with Gasteiger partial charge in [0.05, 0.1) is 22.8 Å². The van der Waals surface area contributed by atoms with Gasteiger partial charge in [-0.3, -0.25) is 10.3 Å². The molecule has 0 spiro atoms. The van der Waals surface area contributed by atoms with Gasteiger partial charge in [-0.2, -0.15) is 9.57 Å². The van der Waals surface area contributed by atoms with Gasteiger partial charge in [0.25, 0.3) is 0 Å². The normalized spacial score (nSPS) is 18.2. The Kier molecular flexibility index (Phi) is 7.46. The quantitative estimate of drug-likeness (QED) is 0.370. The zero-order chi connectivity index (χ0) is 25.0. The molecule has 0 unspecified atom stereocenters. The summed E-state index contributed by atoms with van der Waals surface area (Å²) in [4.78, 5) is 5.96. The molecule has 0 radical (unpaired) electrons. The topological polar surface area (TPSA) is 106 Å². The fraction of sp³-hybridized carbons (Fsp3) is 0.444. The van der Waals surface area contributed by atoms with Crippen LogP contribution in [0.3, 0.4) is 0 Å². The van der Waals surface area contributed by atoms with Crippen molar-refractivity contribution in [2.24, 2.45) is 11.8 Å². The Bertz CT molecular complexity index is 1250. The molecule has 2 aliphatic carbocycles.